The molecule has 2 aromatic heterocycles. The second-order valence-corrected chi connectivity index (χ2v) is 10.8. The molecule has 1 aliphatic rings. The summed E-state index contributed by atoms with van der Waals surface area (Å²) < 4.78 is 2.69. The van der Waals surface area contributed by atoms with E-state index in [1.807, 2.05) is 54.6 Å². The van der Waals surface area contributed by atoms with Gasteiger partial charge in [-0.2, -0.15) is 0 Å². The highest BCUT2D eigenvalue weighted by atomic mass is 79.9. The van der Waals surface area contributed by atoms with Crippen molar-refractivity contribution >= 4 is 55.0 Å². The third kappa shape index (κ3) is 4.34. The largest absolute Gasteiger partial charge is 0.293 e. The minimum absolute atomic E-state index is 0.0110. The SMILES string of the molecule is O=C(CSc1nc2sc3c(c2c(=O)n1Cc1ccccc1)CCCC3)c1ccc(Br)cc1. The van der Waals surface area contributed by atoms with Gasteiger partial charge in [0, 0.05) is 14.9 Å². The highest BCUT2D eigenvalue weighted by Crippen LogP contribution is 2.35. The van der Waals surface area contributed by atoms with E-state index < -0.39 is 0 Å². The summed E-state index contributed by atoms with van der Waals surface area (Å²) in [6.45, 7) is 0.446. The lowest BCUT2D eigenvalue weighted by Crippen LogP contribution is -2.24. The quantitative estimate of drug-likeness (QED) is 0.173. The molecule has 0 amide bonds. The molecule has 0 saturated carbocycles. The Bertz CT molecular complexity index is 1340. The Morgan fingerprint density at radius 2 is 1.81 bits per heavy atom. The van der Waals surface area contributed by atoms with Gasteiger partial charge in [-0.05, 0) is 48.9 Å². The number of halogens is 1. The second kappa shape index (κ2) is 9.33. The van der Waals surface area contributed by atoms with Crippen LogP contribution in [0.1, 0.15) is 39.2 Å². The Balaban J connectivity index is 1.53. The normalized spacial score (nSPS) is 13.3. The average molecular weight is 525 g/mol. The molecule has 0 atom stereocenters. The fourth-order valence-electron chi connectivity index (χ4n) is 4.08. The first-order valence-electron chi connectivity index (χ1n) is 10.6. The number of carbonyl (C=O) groups excluding carboxylic acids is 1. The zero-order valence-corrected chi connectivity index (χ0v) is 20.6. The van der Waals surface area contributed by atoms with E-state index in [0.29, 0.717) is 17.3 Å². The van der Waals surface area contributed by atoms with Gasteiger partial charge in [-0.1, -0.05) is 70.2 Å². The molecule has 2 heterocycles. The fraction of sp³-hybridized carbons (Fsp3) is 0.240. The number of ketones is 1. The van der Waals surface area contributed by atoms with Gasteiger partial charge in [-0.25, -0.2) is 4.98 Å². The number of hydrogen-bond acceptors (Lipinski definition) is 5. The Labute approximate surface area is 202 Å². The van der Waals surface area contributed by atoms with Gasteiger partial charge in [0.25, 0.3) is 5.56 Å². The predicted molar refractivity (Wildman–Crippen MR) is 135 cm³/mol. The van der Waals surface area contributed by atoms with Gasteiger partial charge >= 0.3 is 0 Å². The summed E-state index contributed by atoms with van der Waals surface area (Å²) in [4.78, 5) is 33.4. The van der Waals surface area contributed by atoms with Crippen molar-refractivity contribution < 1.29 is 4.79 Å². The number of rotatable bonds is 6. The van der Waals surface area contributed by atoms with Gasteiger partial charge < -0.3 is 0 Å². The van der Waals surface area contributed by atoms with Crippen LogP contribution in [0.3, 0.4) is 0 Å². The summed E-state index contributed by atoms with van der Waals surface area (Å²) in [6.07, 6.45) is 4.27. The van der Waals surface area contributed by atoms with Crippen LogP contribution in [0.4, 0.5) is 0 Å². The van der Waals surface area contributed by atoms with Crippen molar-refractivity contribution in [1.29, 1.82) is 0 Å². The minimum atomic E-state index is 0.0110. The van der Waals surface area contributed by atoms with Gasteiger partial charge in [0.2, 0.25) is 0 Å². The molecule has 32 heavy (non-hydrogen) atoms. The summed E-state index contributed by atoms with van der Waals surface area (Å²) >= 11 is 6.40. The van der Waals surface area contributed by atoms with Crippen LogP contribution in [0.5, 0.6) is 0 Å². The first-order valence-corrected chi connectivity index (χ1v) is 13.2. The third-order valence-corrected chi connectivity index (χ3v) is 8.41. The van der Waals surface area contributed by atoms with Crippen LogP contribution in [0.2, 0.25) is 0 Å². The average Bonchev–Trinajstić information content (AvgIpc) is 3.19. The summed E-state index contributed by atoms with van der Waals surface area (Å²) in [5.41, 5.74) is 2.90. The van der Waals surface area contributed by atoms with Crippen LogP contribution >= 0.6 is 39.0 Å². The van der Waals surface area contributed by atoms with Gasteiger partial charge in [-0.15, -0.1) is 11.3 Å². The van der Waals surface area contributed by atoms with Crippen LogP contribution in [0, 0.1) is 0 Å². The lowest BCUT2D eigenvalue weighted by Gasteiger charge is -2.13. The van der Waals surface area contributed by atoms with Crippen LogP contribution in [0.25, 0.3) is 10.2 Å². The maximum absolute atomic E-state index is 13.7. The monoisotopic (exact) mass is 524 g/mol. The Morgan fingerprint density at radius 3 is 2.59 bits per heavy atom. The molecule has 162 valence electrons. The number of carbonyl (C=O) groups is 1. The molecular formula is C25H21BrN2O2S2. The van der Waals surface area contributed by atoms with Crippen LogP contribution in [0.15, 0.2) is 69.0 Å². The fourth-order valence-corrected chi connectivity index (χ4v) is 6.54. The van der Waals surface area contributed by atoms with E-state index in [4.69, 9.17) is 4.98 Å². The maximum Gasteiger partial charge on any atom is 0.263 e. The van der Waals surface area contributed by atoms with Crippen molar-refractivity contribution in [2.24, 2.45) is 0 Å². The second-order valence-electron chi connectivity index (χ2n) is 7.88. The smallest absolute Gasteiger partial charge is 0.263 e. The van der Waals surface area contributed by atoms with Gasteiger partial charge in [0.05, 0.1) is 17.7 Å². The van der Waals surface area contributed by atoms with Crippen molar-refractivity contribution in [1.82, 2.24) is 9.55 Å². The molecule has 1 aliphatic carbocycles. The Kier molecular flexibility index (Phi) is 6.31. The van der Waals surface area contributed by atoms with Crippen molar-refractivity contribution in [3.8, 4) is 0 Å². The molecule has 0 N–H and O–H groups in total. The molecule has 7 heteroatoms. The molecule has 2 aromatic carbocycles. The predicted octanol–water partition coefficient (Wildman–Crippen LogP) is 6.12. The van der Waals surface area contributed by atoms with E-state index >= 15 is 0 Å². The van der Waals surface area contributed by atoms with Crippen LogP contribution in [-0.4, -0.2) is 21.1 Å². The molecule has 5 rings (SSSR count). The summed E-state index contributed by atoms with van der Waals surface area (Å²) in [5.74, 6) is 0.257. The lowest BCUT2D eigenvalue weighted by molar-refractivity contribution is 0.102. The van der Waals surface area contributed by atoms with Crippen molar-refractivity contribution in [2.75, 3.05) is 5.75 Å². The molecule has 0 unspecified atom stereocenters. The number of aromatic nitrogens is 2. The zero-order valence-electron chi connectivity index (χ0n) is 17.3. The van der Waals surface area contributed by atoms with E-state index in [1.54, 1.807) is 15.9 Å². The summed E-state index contributed by atoms with van der Waals surface area (Å²) in [7, 11) is 0. The van der Waals surface area contributed by atoms with Crippen molar-refractivity contribution in [2.45, 2.75) is 37.4 Å². The van der Waals surface area contributed by atoms with Crippen molar-refractivity contribution in [3.63, 3.8) is 0 Å². The molecule has 0 aliphatic heterocycles. The topological polar surface area (TPSA) is 52.0 Å². The summed E-state index contributed by atoms with van der Waals surface area (Å²) in [5, 5.41) is 1.39. The molecule has 4 aromatic rings. The zero-order chi connectivity index (χ0) is 22.1. The number of hydrogen-bond donors (Lipinski definition) is 0. The van der Waals surface area contributed by atoms with E-state index in [0.717, 1.165) is 39.5 Å². The molecule has 0 spiro atoms. The Hall–Kier alpha value is -2.22. The first-order chi connectivity index (χ1) is 15.6. The third-order valence-electron chi connectivity index (χ3n) is 5.72. The number of thioether (sulfide) groups is 1. The highest BCUT2D eigenvalue weighted by Gasteiger charge is 2.23. The number of nitrogens with zero attached hydrogens (tertiary/aromatic N) is 2. The lowest BCUT2D eigenvalue weighted by atomic mass is 9.97. The number of Topliss-reactive ketones (excluding diaryl/α,β-unsaturated/α-hetero) is 1. The van der Waals surface area contributed by atoms with E-state index in [-0.39, 0.29) is 17.1 Å². The van der Waals surface area contributed by atoms with Crippen LogP contribution in [-0.2, 0) is 19.4 Å². The van der Waals surface area contributed by atoms with E-state index in [9.17, 15) is 9.59 Å². The molecule has 0 bridgehead atoms. The number of thiophene rings is 1. The molecular weight excluding hydrogens is 504 g/mol. The van der Waals surface area contributed by atoms with E-state index in [1.165, 1.54) is 28.6 Å². The van der Waals surface area contributed by atoms with Crippen molar-refractivity contribution in [3.05, 3.63) is 91.0 Å². The maximum atomic E-state index is 13.7. The molecule has 4 nitrogen and oxygen atoms in total. The number of fused-ring (bicyclic) bond motifs is 3. The first kappa shape index (κ1) is 21.6. The highest BCUT2D eigenvalue weighted by molar-refractivity contribution is 9.10. The number of benzene rings is 2. The van der Waals surface area contributed by atoms with Crippen LogP contribution < -0.4 is 5.56 Å². The van der Waals surface area contributed by atoms with Gasteiger partial charge in [0.1, 0.15) is 4.83 Å². The number of aryl methyl sites for hydroxylation is 2. The minimum Gasteiger partial charge on any atom is -0.293 e. The standard InChI is InChI=1S/C25H21BrN2O2S2/c26-18-12-10-17(11-13-18)20(29)15-31-25-27-23-22(19-8-4-5-9-21(19)32-23)24(30)28(25)14-16-6-2-1-3-7-16/h1-3,6-7,10-13H,4-5,8-9,14-15H2. The molecule has 0 radical (unpaired) electrons. The van der Waals surface area contributed by atoms with Gasteiger partial charge in [-0.3, -0.25) is 14.2 Å². The summed E-state index contributed by atoms with van der Waals surface area (Å²) in [6, 6.07) is 17.3. The van der Waals surface area contributed by atoms with E-state index in [2.05, 4.69) is 15.9 Å². The Morgan fingerprint density at radius 1 is 1.06 bits per heavy atom. The molecule has 0 saturated heterocycles. The van der Waals surface area contributed by atoms with Gasteiger partial charge in [0.15, 0.2) is 10.9 Å². The molecule has 0 fully saturated rings.